The summed E-state index contributed by atoms with van der Waals surface area (Å²) in [6, 6.07) is 18.5. The summed E-state index contributed by atoms with van der Waals surface area (Å²) in [5.41, 5.74) is 0.127. The van der Waals surface area contributed by atoms with Gasteiger partial charge in [0.25, 0.3) is 0 Å². The quantitative estimate of drug-likeness (QED) is 0.638. The van der Waals surface area contributed by atoms with Gasteiger partial charge < -0.3 is 5.11 Å². The van der Waals surface area contributed by atoms with E-state index in [1.807, 2.05) is 12.1 Å². The second kappa shape index (κ2) is 6.22. The molecule has 0 spiro atoms. The van der Waals surface area contributed by atoms with Crippen molar-refractivity contribution in [2.24, 2.45) is 0 Å². The molecule has 0 radical (unpaired) electrons. The lowest BCUT2D eigenvalue weighted by molar-refractivity contribution is 0.125. The molecule has 1 nitrogen and oxygen atoms in total. The van der Waals surface area contributed by atoms with E-state index in [4.69, 9.17) is 0 Å². The number of rotatable bonds is 3. The lowest BCUT2D eigenvalue weighted by Crippen LogP contribution is -2.28. The highest BCUT2D eigenvalue weighted by molar-refractivity contribution is 9.10. The second-order valence-electron chi connectivity index (χ2n) is 5.23. The monoisotopic (exact) mass is 374 g/mol. The molecule has 3 rings (SSSR count). The normalized spacial score (nSPS) is 11.5. The third-order valence-corrected chi connectivity index (χ3v) is 4.31. The molecule has 0 saturated carbocycles. The van der Waals surface area contributed by atoms with Gasteiger partial charge in [-0.15, -0.1) is 0 Å². The Hall–Kier alpha value is -2.04. The Labute approximate surface area is 141 Å². The Bertz CT molecular complexity index is 685. The van der Waals surface area contributed by atoms with Crippen molar-refractivity contribution in [2.45, 2.75) is 5.60 Å². The van der Waals surface area contributed by atoms with E-state index in [9.17, 15) is 13.9 Å². The first-order valence-electron chi connectivity index (χ1n) is 7.00. The molecule has 0 aliphatic rings. The van der Waals surface area contributed by atoms with Crippen LogP contribution < -0.4 is 0 Å². The molecule has 0 aliphatic heterocycles. The lowest BCUT2D eigenvalue weighted by Gasteiger charge is -2.30. The summed E-state index contributed by atoms with van der Waals surface area (Å²) in [4.78, 5) is 0. The van der Waals surface area contributed by atoms with Gasteiger partial charge in [-0.1, -0.05) is 52.3 Å². The zero-order valence-electron chi connectivity index (χ0n) is 12.0. The highest BCUT2D eigenvalue weighted by atomic mass is 79.9. The molecule has 23 heavy (non-hydrogen) atoms. The minimum Gasteiger partial charge on any atom is -0.376 e. The molecule has 0 unspecified atom stereocenters. The molecule has 0 aromatic heterocycles. The van der Waals surface area contributed by atoms with Crippen molar-refractivity contribution in [3.05, 3.63) is 106 Å². The lowest BCUT2D eigenvalue weighted by atomic mass is 9.80. The average Bonchev–Trinajstić information content (AvgIpc) is 2.56. The van der Waals surface area contributed by atoms with Gasteiger partial charge in [0.1, 0.15) is 17.2 Å². The molecule has 0 fully saturated rings. The Kier molecular flexibility index (Phi) is 4.28. The van der Waals surface area contributed by atoms with Gasteiger partial charge in [-0.05, 0) is 53.1 Å². The van der Waals surface area contributed by atoms with Crippen molar-refractivity contribution in [3.63, 3.8) is 0 Å². The molecule has 4 heteroatoms. The molecule has 0 amide bonds. The van der Waals surface area contributed by atoms with Gasteiger partial charge >= 0.3 is 0 Å². The van der Waals surface area contributed by atoms with E-state index in [-0.39, 0.29) is 11.6 Å². The zero-order chi connectivity index (χ0) is 16.4. The molecule has 3 aromatic carbocycles. The van der Waals surface area contributed by atoms with E-state index >= 15 is 0 Å². The molecule has 0 atom stereocenters. The molecule has 3 aromatic rings. The number of hydrogen-bond acceptors (Lipinski definition) is 1. The molecule has 0 heterocycles. The number of hydrogen-bond donors (Lipinski definition) is 1. The molecule has 0 bridgehead atoms. The van der Waals surface area contributed by atoms with Gasteiger partial charge in [-0.25, -0.2) is 8.78 Å². The summed E-state index contributed by atoms with van der Waals surface area (Å²) in [7, 11) is 0. The van der Waals surface area contributed by atoms with Crippen LogP contribution in [0.15, 0.2) is 77.3 Å². The summed E-state index contributed by atoms with van der Waals surface area (Å²) in [6.45, 7) is 0. The predicted molar refractivity (Wildman–Crippen MR) is 89.0 cm³/mol. The van der Waals surface area contributed by atoms with Crippen molar-refractivity contribution in [3.8, 4) is 0 Å². The molecule has 116 valence electrons. The summed E-state index contributed by atoms with van der Waals surface area (Å²) in [5.74, 6) is -0.767. The largest absolute Gasteiger partial charge is 0.376 e. The highest BCUT2D eigenvalue weighted by Gasteiger charge is 2.33. The predicted octanol–water partition coefficient (Wildman–Crippen LogP) is 5.01. The van der Waals surface area contributed by atoms with Crippen LogP contribution in [0.4, 0.5) is 8.78 Å². The van der Waals surface area contributed by atoms with Crippen molar-refractivity contribution in [2.75, 3.05) is 0 Å². The van der Waals surface area contributed by atoms with Crippen molar-refractivity contribution < 1.29 is 13.9 Å². The van der Waals surface area contributed by atoms with Gasteiger partial charge in [-0.2, -0.15) is 0 Å². The third kappa shape index (κ3) is 3.05. The minimum absolute atomic E-state index is 0.383. The number of benzene rings is 3. The third-order valence-electron chi connectivity index (χ3n) is 3.79. The fourth-order valence-electron chi connectivity index (χ4n) is 2.57. The molecule has 1 N–H and O–H groups in total. The van der Waals surface area contributed by atoms with Crippen LogP contribution in [0.3, 0.4) is 0 Å². The molecular weight excluding hydrogens is 362 g/mol. The maximum atomic E-state index is 13.2. The van der Waals surface area contributed by atoms with E-state index in [1.165, 1.54) is 48.5 Å². The first-order chi connectivity index (χ1) is 11.0. The van der Waals surface area contributed by atoms with Crippen LogP contribution in [-0.4, -0.2) is 5.11 Å². The van der Waals surface area contributed by atoms with E-state index < -0.39 is 5.60 Å². The summed E-state index contributed by atoms with van der Waals surface area (Å²) < 4.78 is 27.4. The Balaban J connectivity index is 2.21. The second-order valence-corrected chi connectivity index (χ2v) is 6.15. The van der Waals surface area contributed by atoms with Crippen LogP contribution in [0.5, 0.6) is 0 Å². The van der Waals surface area contributed by atoms with E-state index in [1.54, 1.807) is 12.1 Å². The van der Waals surface area contributed by atoms with Crippen molar-refractivity contribution >= 4 is 15.9 Å². The topological polar surface area (TPSA) is 20.2 Å². The van der Waals surface area contributed by atoms with Crippen LogP contribution in [0, 0.1) is 11.6 Å². The van der Waals surface area contributed by atoms with Gasteiger partial charge in [0.15, 0.2) is 0 Å². The fourth-order valence-corrected chi connectivity index (χ4v) is 2.84. The summed E-state index contributed by atoms with van der Waals surface area (Å²) in [6.07, 6.45) is 0. The maximum absolute atomic E-state index is 13.2. The van der Waals surface area contributed by atoms with Gasteiger partial charge in [0, 0.05) is 4.47 Å². The zero-order valence-corrected chi connectivity index (χ0v) is 13.6. The molecular formula is C19H13BrF2O. The summed E-state index contributed by atoms with van der Waals surface area (Å²) >= 11 is 3.36. The highest BCUT2D eigenvalue weighted by Crippen LogP contribution is 2.37. The Morgan fingerprint density at radius 3 is 1.26 bits per heavy atom. The van der Waals surface area contributed by atoms with Crippen LogP contribution in [0.1, 0.15) is 16.7 Å². The molecule has 0 aliphatic carbocycles. The van der Waals surface area contributed by atoms with E-state index in [0.717, 1.165) is 4.47 Å². The van der Waals surface area contributed by atoms with E-state index in [0.29, 0.717) is 16.7 Å². The first-order valence-corrected chi connectivity index (χ1v) is 7.80. The van der Waals surface area contributed by atoms with Crippen LogP contribution >= 0.6 is 15.9 Å². The van der Waals surface area contributed by atoms with Gasteiger partial charge in [-0.3, -0.25) is 0 Å². The standard InChI is InChI=1S/C19H13BrF2O/c20-16-7-1-13(2-8-16)19(23,14-3-9-17(21)10-4-14)15-5-11-18(22)12-6-15/h1-12,23H. The van der Waals surface area contributed by atoms with Crippen LogP contribution in [0.2, 0.25) is 0 Å². The first kappa shape index (κ1) is 15.8. The molecule has 0 saturated heterocycles. The van der Waals surface area contributed by atoms with Crippen LogP contribution in [0.25, 0.3) is 0 Å². The minimum atomic E-state index is -1.50. The number of halogens is 3. The SMILES string of the molecule is OC(c1ccc(F)cc1)(c1ccc(F)cc1)c1ccc(Br)cc1. The van der Waals surface area contributed by atoms with Crippen molar-refractivity contribution in [1.29, 1.82) is 0 Å². The van der Waals surface area contributed by atoms with Crippen LogP contribution in [-0.2, 0) is 5.60 Å². The smallest absolute Gasteiger partial charge is 0.140 e. The number of aliphatic hydroxyl groups is 1. The average molecular weight is 375 g/mol. The fraction of sp³-hybridized carbons (Fsp3) is 0.0526. The van der Waals surface area contributed by atoms with Gasteiger partial charge in [0.2, 0.25) is 0 Å². The summed E-state index contributed by atoms with van der Waals surface area (Å²) in [5, 5.41) is 11.4. The Morgan fingerprint density at radius 1 is 0.609 bits per heavy atom. The van der Waals surface area contributed by atoms with E-state index in [2.05, 4.69) is 15.9 Å². The van der Waals surface area contributed by atoms with Crippen molar-refractivity contribution in [1.82, 2.24) is 0 Å². The Morgan fingerprint density at radius 2 is 0.913 bits per heavy atom. The maximum Gasteiger partial charge on any atom is 0.140 e. The van der Waals surface area contributed by atoms with Gasteiger partial charge in [0.05, 0.1) is 0 Å².